The van der Waals surface area contributed by atoms with E-state index in [0.717, 1.165) is 0 Å². The molecule has 6 nitrogen and oxygen atoms in total. The quantitative estimate of drug-likeness (QED) is 0.846. The van der Waals surface area contributed by atoms with Crippen molar-refractivity contribution >= 4 is 31.3 Å². The molecular weight excluding hydrogens is 359 g/mol. The van der Waals surface area contributed by atoms with E-state index in [1.807, 2.05) is 5.32 Å². The fourth-order valence-electron chi connectivity index (χ4n) is 1.96. The number of rotatable bonds is 2. The number of carbonyl (C=O) groups excluding carboxylic acids is 1. The predicted molar refractivity (Wildman–Crippen MR) is 75.7 cm³/mol. The zero-order valence-corrected chi connectivity index (χ0v) is 12.9. The molecule has 126 valence electrons. The van der Waals surface area contributed by atoms with Crippen molar-refractivity contribution in [3.05, 3.63) is 40.1 Å². The highest BCUT2D eigenvalue weighted by atomic mass is 32.2. The average Bonchev–Trinajstić information content (AvgIpc) is 2.41. The third-order valence-corrected chi connectivity index (χ3v) is 6.88. The van der Waals surface area contributed by atoms with Gasteiger partial charge in [-0.1, -0.05) is 18.2 Å². The van der Waals surface area contributed by atoms with Crippen LogP contribution in [0.5, 0.6) is 0 Å². The van der Waals surface area contributed by atoms with E-state index in [1.54, 1.807) is 6.07 Å². The average molecular weight is 369 g/mol. The molecule has 1 aliphatic rings. The Hall–Kier alpha value is -1.88. The van der Waals surface area contributed by atoms with Crippen molar-refractivity contribution in [1.29, 1.82) is 0 Å². The first-order chi connectivity index (χ1) is 10.5. The number of anilines is 1. The van der Waals surface area contributed by atoms with Gasteiger partial charge >= 0.3 is 6.18 Å². The number of hydrogen-bond acceptors (Lipinski definition) is 5. The Bertz CT molecular complexity index is 871. The van der Waals surface area contributed by atoms with Gasteiger partial charge in [-0.2, -0.15) is 13.2 Å². The van der Waals surface area contributed by atoms with Crippen LogP contribution in [0.2, 0.25) is 0 Å². The predicted octanol–water partition coefficient (Wildman–Crippen LogP) is 1.24. The third-order valence-electron chi connectivity index (χ3n) is 2.94. The van der Waals surface area contributed by atoms with Crippen molar-refractivity contribution in [2.75, 3.05) is 16.8 Å². The number of hydrogen-bond donors (Lipinski definition) is 1. The van der Waals surface area contributed by atoms with Crippen molar-refractivity contribution in [2.45, 2.75) is 6.18 Å². The molecule has 0 bridgehead atoms. The van der Waals surface area contributed by atoms with Crippen LogP contribution in [-0.4, -0.2) is 40.4 Å². The van der Waals surface area contributed by atoms with Gasteiger partial charge in [0.2, 0.25) is 0 Å². The summed E-state index contributed by atoms with van der Waals surface area (Å²) in [5, 5.41) is 1.97. The van der Waals surface area contributed by atoms with Gasteiger partial charge in [0.15, 0.2) is 29.5 Å². The summed E-state index contributed by atoms with van der Waals surface area (Å²) in [5.41, 5.74) is 0.0321. The van der Waals surface area contributed by atoms with Gasteiger partial charge in [-0.25, -0.2) is 16.8 Å². The summed E-state index contributed by atoms with van der Waals surface area (Å²) < 4.78 is 86.2. The highest BCUT2D eigenvalue weighted by molar-refractivity contribution is 8.03. The summed E-state index contributed by atoms with van der Waals surface area (Å²) >= 11 is 0. The number of benzene rings is 1. The first-order valence-corrected chi connectivity index (χ1v) is 9.39. The summed E-state index contributed by atoms with van der Waals surface area (Å²) in [7, 11) is -9.60. The number of nitrogens with one attached hydrogen (secondary N) is 1. The normalized spacial score (nSPS) is 20.1. The number of allylic oxidation sites excluding steroid dienone is 1. The second-order valence-corrected chi connectivity index (χ2v) is 8.71. The van der Waals surface area contributed by atoms with Crippen LogP contribution in [-0.2, 0) is 24.5 Å². The van der Waals surface area contributed by atoms with Crippen molar-refractivity contribution in [2.24, 2.45) is 0 Å². The number of sulfone groups is 2. The largest absolute Gasteiger partial charge is 0.428 e. The highest BCUT2D eigenvalue weighted by Gasteiger charge is 2.52. The summed E-state index contributed by atoms with van der Waals surface area (Å²) in [4.78, 5) is 7.94. The first-order valence-electron chi connectivity index (χ1n) is 6.08. The van der Waals surface area contributed by atoms with Crippen LogP contribution in [0.3, 0.4) is 0 Å². The van der Waals surface area contributed by atoms with E-state index in [-0.39, 0.29) is 5.69 Å². The van der Waals surface area contributed by atoms with Crippen LogP contribution in [0.15, 0.2) is 40.1 Å². The fraction of sp³-hybridized carbons (Fsp3) is 0.250. The molecule has 0 saturated heterocycles. The Morgan fingerprint density at radius 2 is 1.48 bits per heavy atom. The summed E-state index contributed by atoms with van der Waals surface area (Å²) in [6.45, 7) is 0. The lowest BCUT2D eigenvalue weighted by Crippen LogP contribution is -2.38. The van der Waals surface area contributed by atoms with Crippen LogP contribution >= 0.6 is 0 Å². The molecule has 0 fully saturated rings. The van der Waals surface area contributed by atoms with Crippen molar-refractivity contribution in [3.8, 4) is 0 Å². The summed E-state index contributed by atoms with van der Waals surface area (Å²) in [6, 6.07) is 7.12. The summed E-state index contributed by atoms with van der Waals surface area (Å²) in [5.74, 6) is -3.93. The highest BCUT2D eigenvalue weighted by Crippen LogP contribution is 2.38. The monoisotopic (exact) mass is 369 g/mol. The molecule has 1 amide bonds. The number of amides is 1. The fourth-order valence-corrected chi connectivity index (χ4v) is 6.35. The Kier molecular flexibility index (Phi) is 4.28. The lowest BCUT2D eigenvalue weighted by Gasteiger charge is -2.21. The molecule has 0 aliphatic carbocycles. The van der Waals surface area contributed by atoms with Gasteiger partial charge in [-0.05, 0) is 12.1 Å². The van der Waals surface area contributed by atoms with E-state index >= 15 is 0 Å². The maximum atomic E-state index is 13.0. The SMILES string of the molecule is O=C(Nc1ccccc1)C1=C(C(F)(F)F)S(=O)(=O)CCS1(=O)=O. The number of carbonyl (C=O) groups is 1. The molecule has 2 rings (SSSR count). The number of halogens is 3. The molecule has 1 N–H and O–H groups in total. The Balaban J connectivity index is 2.65. The Morgan fingerprint density at radius 3 is 2.00 bits per heavy atom. The van der Waals surface area contributed by atoms with E-state index in [0.29, 0.717) is 0 Å². The van der Waals surface area contributed by atoms with Crippen LogP contribution in [0.1, 0.15) is 0 Å². The molecule has 23 heavy (non-hydrogen) atoms. The summed E-state index contributed by atoms with van der Waals surface area (Å²) in [6.07, 6.45) is -5.49. The Morgan fingerprint density at radius 1 is 0.957 bits per heavy atom. The van der Waals surface area contributed by atoms with Gasteiger partial charge in [0, 0.05) is 5.69 Å². The minimum Gasteiger partial charge on any atom is -0.321 e. The minimum absolute atomic E-state index is 0.0321. The topological polar surface area (TPSA) is 97.4 Å². The molecule has 0 aromatic heterocycles. The first kappa shape index (κ1) is 17.5. The van der Waals surface area contributed by atoms with Crippen LogP contribution in [0, 0.1) is 0 Å². The molecule has 1 aliphatic heterocycles. The maximum Gasteiger partial charge on any atom is 0.428 e. The molecule has 0 spiro atoms. The Labute approximate surface area is 129 Å². The van der Waals surface area contributed by atoms with Crippen LogP contribution < -0.4 is 5.32 Å². The smallest absolute Gasteiger partial charge is 0.321 e. The molecule has 11 heteroatoms. The van der Waals surface area contributed by atoms with Gasteiger partial charge in [0.25, 0.3) is 5.91 Å². The molecule has 0 radical (unpaired) electrons. The van der Waals surface area contributed by atoms with Gasteiger partial charge < -0.3 is 5.32 Å². The molecule has 1 aromatic carbocycles. The minimum atomic E-state index is -5.49. The van der Waals surface area contributed by atoms with E-state index in [4.69, 9.17) is 0 Å². The molecule has 0 unspecified atom stereocenters. The third kappa shape index (κ3) is 3.55. The maximum absolute atomic E-state index is 13.0. The van der Waals surface area contributed by atoms with Gasteiger partial charge in [-0.15, -0.1) is 0 Å². The molecule has 1 heterocycles. The molecule has 1 aromatic rings. The zero-order chi connectivity index (χ0) is 17.5. The zero-order valence-electron chi connectivity index (χ0n) is 11.3. The molecule has 0 saturated carbocycles. The van der Waals surface area contributed by atoms with Crippen molar-refractivity contribution in [1.82, 2.24) is 0 Å². The number of para-hydroxylation sites is 1. The second kappa shape index (κ2) is 5.64. The van der Waals surface area contributed by atoms with Gasteiger partial charge in [0.1, 0.15) is 0 Å². The van der Waals surface area contributed by atoms with E-state index < -0.39 is 53.1 Å². The van der Waals surface area contributed by atoms with E-state index in [2.05, 4.69) is 0 Å². The van der Waals surface area contributed by atoms with E-state index in [1.165, 1.54) is 24.3 Å². The second-order valence-electron chi connectivity index (χ2n) is 4.61. The number of alkyl halides is 3. The standard InChI is InChI=1S/C12H10F3NO5S2/c13-12(14,15)10-9(22(18,19)6-7-23(10,20)21)11(17)16-8-4-2-1-3-5-8/h1-5H,6-7H2,(H,16,17). The molecular formula is C12H10F3NO5S2. The van der Waals surface area contributed by atoms with E-state index in [9.17, 15) is 34.8 Å². The lowest BCUT2D eigenvalue weighted by atomic mass is 10.3. The van der Waals surface area contributed by atoms with Gasteiger partial charge in [-0.3, -0.25) is 4.79 Å². The van der Waals surface area contributed by atoms with Crippen LogP contribution in [0.25, 0.3) is 0 Å². The lowest BCUT2D eigenvalue weighted by molar-refractivity contribution is -0.113. The van der Waals surface area contributed by atoms with Crippen molar-refractivity contribution < 1.29 is 34.8 Å². The molecule has 0 atom stereocenters. The van der Waals surface area contributed by atoms with Crippen molar-refractivity contribution in [3.63, 3.8) is 0 Å². The van der Waals surface area contributed by atoms with Gasteiger partial charge in [0.05, 0.1) is 11.5 Å². The van der Waals surface area contributed by atoms with Crippen LogP contribution in [0.4, 0.5) is 18.9 Å².